The van der Waals surface area contributed by atoms with Crippen LogP contribution in [0, 0.1) is 6.92 Å². The highest BCUT2D eigenvalue weighted by atomic mass is 15.1. The zero-order chi connectivity index (χ0) is 14.4. The van der Waals surface area contributed by atoms with Crippen molar-refractivity contribution in [2.24, 2.45) is 0 Å². The molecule has 1 heterocycles. The van der Waals surface area contributed by atoms with Crippen molar-refractivity contribution in [2.75, 3.05) is 18.5 Å². The minimum Gasteiger partial charge on any atom is -0.367 e. The van der Waals surface area contributed by atoms with E-state index < -0.39 is 0 Å². The van der Waals surface area contributed by atoms with E-state index in [2.05, 4.69) is 58.5 Å². The zero-order valence-corrected chi connectivity index (χ0v) is 12.6. The average molecular weight is 269 g/mol. The van der Waals surface area contributed by atoms with Crippen molar-refractivity contribution in [3.8, 4) is 0 Å². The molecular weight excluding hydrogens is 246 g/mol. The summed E-state index contributed by atoms with van der Waals surface area (Å²) in [6.45, 7) is 6.99. The van der Waals surface area contributed by atoms with Gasteiger partial charge in [0.1, 0.15) is 0 Å². The van der Waals surface area contributed by atoms with Crippen molar-refractivity contribution in [1.82, 2.24) is 10.3 Å². The maximum Gasteiger partial charge on any atom is 0.0448 e. The number of pyridine rings is 1. The Hall–Kier alpha value is -1.87. The van der Waals surface area contributed by atoms with Crippen LogP contribution >= 0.6 is 0 Å². The van der Waals surface area contributed by atoms with Crippen LogP contribution in [-0.4, -0.2) is 18.6 Å². The van der Waals surface area contributed by atoms with E-state index in [1.54, 1.807) is 0 Å². The number of rotatable bonds is 6. The summed E-state index contributed by atoms with van der Waals surface area (Å²) in [5.74, 6) is 0. The van der Waals surface area contributed by atoms with Crippen LogP contribution in [0.5, 0.6) is 0 Å². The minimum absolute atomic E-state index is 0.841. The summed E-state index contributed by atoms with van der Waals surface area (Å²) in [7, 11) is 1.97. The van der Waals surface area contributed by atoms with Gasteiger partial charge in [0.25, 0.3) is 0 Å². The number of hydrogen-bond acceptors (Lipinski definition) is 3. The topological polar surface area (TPSA) is 28.2 Å². The molecule has 0 unspecified atom stereocenters. The summed E-state index contributed by atoms with van der Waals surface area (Å²) in [4.78, 5) is 6.81. The molecule has 2 aromatic rings. The van der Waals surface area contributed by atoms with Gasteiger partial charge in [-0.2, -0.15) is 0 Å². The third kappa shape index (κ3) is 3.58. The molecular formula is C17H23N3. The highest BCUT2D eigenvalue weighted by molar-refractivity contribution is 5.54. The van der Waals surface area contributed by atoms with Crippen LogP contribution in [0.15, 0.2) is 42.6 Å². The molecule has 2 rings (SSSR count). The van der Waals surface area contributed by atoms with Crippen molar-refractivity contribution in [1.29, 1.82) is 0 Å². The summed E-state index contributed by atoms with van der Waals surface area (Å²) >= 11 is 0. The highest BCUT2D eigenvalue weighted by Gasteiger charge is 2.11. The first kappa shape index (κ1) is 14.5. The lowest BCUT2D eigenvalue weighted by molar-refractivity contribution is 0.778. The van der Waals surface area contributed by atoms with Crippen LogP contribution in [0.3, 0.4) is 0 Å². The predicted octanol–water partition coefficient (Wildman–Crippen LogP) is 3.14. The van der Waals surface area contributed by atoms with E-state index in [0.717, 1.165) is 25.3 Å². The normalized spacial score (nSPS) is 10.6. The smallest absolute Gasteiger partial charge is 0.0448 e. The summed E-state index contributed by atoms with van der Waals surface area (Å²) in [6, 6.07) is 12.8. The van der Waals surface area contributed by atoms with Gasteiger partial charge in [0.15, 0.2) is 0 Å². The summed E-state index contributed by atoms with van der Waals surface area (Å²) < 4.78 is 0. The molecule has 0 aliphatic rings. The molecule has 0 bridgehead atoms. The Kier molecular flexibility index (Phi) is 5.13. The number of aromatic nitrogens is 1. The Balaban J connectivity index is 2.28. The fourth-order valence-electron chi connectivity index (χ4n) is 2.37. The molecule has 0 aliphatic carbocycles. The Morgan fingerprint density at radius 2 is 1.95 bits per heavy atom. The molecule has 0 aliphatic heterocycles. The van der Waals surface area contributed by atoms with Crippen molar-refractivity contribution in [2.45, 2.75) is 26.9 Å². The Morgan fingerprint density at radius 3 is 2.60 bits per heavy atom. The zero-order valence-electron chi connectivity index (χ0n) is 12.6. The molecule has 0 saturated heterocycles. The van der Waals surface area contributed by atoms with E-state index in [1.807, 2.05) is 20.2 Å². The van der Waals surface area contributed by atoms with Crippen molar-refractivity contribution < 1.29 is 0 Å². The van der Waals surface area contributed by atoms with Gasteiger partial charge in [-0.3, -0.25) is 4.98 Å². The Bertz CT molecular complexity index is 537. The van der Waals surface area contributed by atoms with Crippen LogP contribution in [-0.2, 0) is 13.1 Å². The number of anilines is 1. The van der Waals surface area contributed by atoms with Crippen molar-refractivity contribution >= 4 is 5.69 Å². The monoisotopic (exact) mass is 269 g/mol. The van der Waals surface area contributed by atoms with E-state index in [9.17, 15) is 0 Å². The second kappa shape index (κ2) is 7.06. The number of nitrogens with one attached hydrogen (secondary N) is 1. The number of aryl methyl sites for hydroxylation is 1. The number of benzene rings is 1. The van der Waals surface area contributed by atoms with Crippen LogP contribution in [0.2, 0.25) is 0 Å². The molecule has 0 fully saturated rings. The van der Waals surface area contributed by atoms with E-state index in [-0.39, 0.29) is 0 Å². The van der Waals surface area contributed by atoms with Crippen LogP contribution in [0.1, 0.15) is 23.7 Å². The van der Waals surface area contributed by atoms with Gasteiger partial charge in [-0.25, -0.2) is 0 Å². The van der Waals surface area contributed by atoms with Crippen LogP contribution < -0.4 is 10.2 Å². The lowest BCUT2D eigenvalue weighted by Crippen LogP contribution is -2.24. The fraction of sp³-hybridized carbons (Fsp3) is 0.353. The van der Waals surface area contributed by atoms with Gasteiger partial charge in [-0.1, -0.05) is 30.3 Å². The lowest BCUT2D eigenvalue weighted by atomic mass is 10.1. The molecule has 0 atom stereocenters. The third-order valence-corrected chi connectivity index (χ3v) is 3.40. The first-order chi connectivity index (χ1) is 9.74. The quantitative estimate of drug-likeness (QED) is 0.873. The molecule has 1 aromatic heterocycles. The Labute approximate surface area is 121 Å². The molecule has 1 aromatic carbocycles. The standard InChI is InChI=1S/C17H23N3/c1-4-20(13-15-8-6-5-7-9-15)17-10-14(2)19-12-16(17)11-18-3/h5-10,12,18H,4,11,13H2,1-3H3. The molecule has 0 saturated carbocycles. The minimum atomic E-state index is 0.841. The van der Waals surface area contributed by atoms with E-state index in [4.69, 9.17) is 0 Å². The van der Waals surface area contributed by atoms with Gasteiger partial charge in [-0.15, -0.1) is 0 Å². The van der Waals surface area contributed by atoms with E-state index >= 15 is 0 Å². The first-order valence-electron chi connectivity index (χ1n) is 7.13. The van der Waals surface area contributed by atoms with Crippen molar-refractivity contribution in [3.05, 3.63) is 59.4 Å². The SMILES string of the molecule is CCN(Cc1ccccc1)c1cc(C)ncc1CNC. The maximum absolute atomic E-state index is 4.42. The second-order valence-corrected chi connectivity index (χ2v) is 4.98. The molecule has 0 radical (unpaired) electrons. The highest BCUT2D eigenvalue weighted by Crippen LogP contribution is 2.22. The van der Waals surface area contributed by atoms with Gasteiger partial charge in [0.2, 0.25) is 0 Å². The largest absolute Gasteiger partial charge is 0.367 e. The molecule has 20 heavy (non-hydrogen) atoms. The molecule has 3 nitrogen and oxygen atoms in total. The van der Waals surface area contributed by atoms with Gasteiger partial charge in [0, 0.05) is 42.8 Å². The maximum atomic E-state index is 4.42. The number of hydrogen-bond donors (Lipinski definition) is 1. The molecule has 0 amide bonds. The average Bonchev–Trinajstić information content (AvgIpc) is 2.48. The Morgan fingerprint density at radius 1 is 1.20 bits per heavy atom. The summed E-state index contributed by atoms with van der Waals surface area (Å²) in [5, 5.41) is 3.22. The molecule has 0 spiro atoms. The van der Waals surface area contributed by atoms with Crippen LogP contribution in [0.4, 0.5) is 5.69 Å². The van der Waals surface area contributed by atoms with Crippen molar-refractivity contribution in [3.63, 3.8) is 0 Å². The van der Waals surface area contributed by atoms with E-state index in [0.29, 0.717) is 0 Å². The predicted molar refractivity (Wildman–Crippen MR) is 84.9 cm³/mol. The lowest BCUT2D eigenvalue weighted by Gasteiger charge is -2.26. The first-order valence-corrected chi connectivity index (χ1v) is 7.13. The van der Waals surface area contributed by atoms with Gasteiger partial charge in [0.05, 0.1) is 0 Å². The number of nitrogens with zero attached hydrogens (tertiary/aromatic N) is 2. The van der Waals surface area contributed by atoms with Gasteiger partial charge >= 0.3 is 0 Å². The van der Waals surface area contributed by atoms with Crippen LogP contribution in [0.25, 0.3) is 0 Å². The third-order valence-electron chi connectivity index (χ3n) is 3.40. The summed E-state index contributed by atoms with van der Waals surface area (Å²) in [6.07, 6.45) is 1.98. The summed E-state index contributed by atoms with van der Waals surface area (Å²) in [5.41, 5.74) is 4.92. The fourth-order valence-corrected chi connectivity index (χ4v) is 2.37. The molecule has 1 N–H and O–H groups in total. The van der Waals surface area contributed by atoms with Gasteiger partial charge < -0.3 is 10.2 Å². The molecule has 106 valence electrons. The van der Waals surface area contributed by atoms with E-state index in [1.165, 1.54) is 16.8 Å². The van der Waals surface area contributed by atoms with Gasteiger partial charge in [-0.05, 0) is 32.5 Å². The molecule has 3 heteroatoms. The second-order valence-electron chi connectivity index (χ2n) is 4.98.